The molecule has 0 aliphatic carbocycles. The van der Waals surface area contributed by atoms with Crippen molar-refractivity contribution in [2.75, 3.05) is 4.90 Å². The molecule has 0 amide bonds. The third-order valence-electron chi connectivity index (χ3n) is 5.05. The van der Waals surface area contributed by atoms with Crippen molar-refractivity contribution in [3.05, 3.63) is 94.5 Å². The van der Waals surface area contributed by atoms with Crippen LogP contribution in [0.2, 0.25) is 0 Å². The highest BCUT2D eigenvalue weighted by molar-refractivity contribution is 8.03. The largest absolute Gasteiger partial charge is 0.460 e. The van der Waals surface area contributed by atoms with Gasteiger partial charge in [0, 0.05) is 10.5 Å². The molecule has 1 aromatic heterocycles. The Labute approximate surface area is 172 Å². The van der Waals surface area contributed by atoms with Crippen molar-refractivity contribution < 1.29 is 4.42 Å². The summed E-state index contributed by atoms with van der Waals surface area (Å²) < 4.78 is 6.09. The highest BCUT2D eigenvalue weighted by Crippen LogP contribution is 2.54. The van der Waals surface area contributed by atoms with E-state index in [-0.39, 0.29) is 0 Å². The number of benzene rings is 2. The van der Waals surface area contributed by atoms with Gasteiger partial charge in [0.1, 0.15) is 22.4 Å². The number of allylic oxidation sites excluding steroid dienone is 2. The van der Waals surface area contributed by atoms with Crippen LogP contribution in [0.3, 0.4) is 0 Å². The Hall–Kier alpha value is -3.87. The fourth-order valence-electron chi connectivity index (χ4n) is 3.72. The molecule has 2 aliphatic heterocycles. The van der Waals surface area contributed by atoms with Crippen LogP contribution in [0.4, 0.5) is 5.69 Å². The van der Waals surface area contributed by atoms with E-state index in [1.54, 1.807) is 4.90 Å². The summed E-state index contributed by atoms with van der Waals surface area (Å²) in [5, 5.41) is 20.6. The van der Waals surface area contributed by atoms with Gasteiger partial charge in [-0.25, -0.2) is 0 Å². The maximum absolute atomic E-state index is 10.0. The van der Waals surface area contributed by atoms with Crippen molar-refractivity contribution in [1.82, 2.24) is 0 Å². The lowest BCUT2D eigenvalue weighted by Crippen LogP contribution is -2.32. The maximum atomic E-state index is 10.0. The number of nitriles is 2. The molecule has 6 heteroatoms. The normalized spacial score (nSPS) is 17.6. The molecule has 29 heavy (non-hydrogen) atoms. The van der Waals surface area contributed by atoms with Crippen molar-refractivity contribution in [3.8, 4) is 23.5 Å². The van der Waals surface area contributed by atoms with E-state index in [1.807, 2.05) is 66.7 Å². The van der Waals surface area contributed by atoms with Gasteiger partial charge in [-0.15, -0.1) is 0 Å². The summed E-state index contributed by atoms with van der Waals surface area (Å²) in [6.07, 6.45) is 0. The van der Waals surface area contributed by atoms with Crippen molar-refractivity contribution in [2.45, 2.75) is 10.8 Å². The van der Waals surface area contributed by atoms with E-state index >= 15 is 0 Å². The Kier molecular flexibility index (Phi) is 3.94. The third-order valence-corrected chi connectivity index (χ3v) is 6.21. The smallest absolute Gasteiger partial charge is 0.134 e. The maximum Gasteiger partial charge on any atom is 0.134 e. The molecule has 2 N–H and O–H groups in total. The highest BCUT2D eigenvalue weighted by atomic mass is 32.2. The monoisotopic (exact) mass is 394 g/mol. The van der Waals surface area contributed by atoms with E-state index in [1.165, 1.54) is 11.8 Å². The second kappa shape index (κ2) is 6.63. The number of rotatable bonds is 2. The van der Waals surface area contributed by atoms with Crippen molar-refractivity contribution in [1.29, 1.82) is 10.5 Å². The summed E-state index contributed by atoms with van der Waals surface area (Å²) in [4.78, 5) is 2.80. The van der Waals surface area contributed by atoms with Crippen molar-refractivity contribution >= 4 is 17.4 Å². The van der Waals surface area contributed by atoms with Gasteiger partial charge in [-0.3, -0.25) is 4.90 Å². The number of anilines is 1. The molecule has 0 saturated heterocycles. The molecule has 0 fully saturated rings. The third kappa shape index (κ3) is 2.55. The van der Waals surface area contributed by atoms with E-state index in [0.29, 0.717) is 28.5 Å². The second-order valence-corrected chi connectivity index (χ2v) is 7.68. The van der Waals surface area contributed by atoms with Crippen molar-refractivity contribution in [2.24, 2.45) is 5.73 Å². The minimum Gasteiger partial charge on any atom is -0.460 e. The van der Waals surface area contributed by atoms with Crippen LogP contribution in [-0.2, 0) is 0 Å². The minimum atomic E-state index is -0.629. The summed E-state index contributed by atoms with van der Waals surface area (Å²) in [5.41, 5.74) is 9.03. The molecule has 0 saturated carbocycles. The van der Waals surface area contributed by atoms with Crippen LogP contribution in [0.5, 0.6) is 0 Å². The predicted molar refractivity (Wildman–Crippen MR) is 111 cm³/mol. The fourth-order valence-corrected chi connectivity index (χ4v) is 4.90. The Morgan fingerprint density at radius 2 is 1.62 bits per heavy atom. The quantitative estimate of drug-likeness (QED) is 0.651. The summed E-state index contributed by atoms with van der Waals surface area (Å²) in [6, 6.07) is 25.7. The second-order valence-electron chi connectivity index (χ2n) is 6.65. The lowest BCUT2D eigenvalue weighted by Gasteiger charge is -2.30. The number of thioether (sulfide) groups is 1. The lowest BCUT2D eigenvalue weighted by molar-refractivity contribution is 0.513. The van der Waals surface area contributed by atoms with Gasteiger partial charge in [0.2, 0.25) is 0 Å². The van der Waals surface area contributed by atoms with Gasteiger partial charge in [-0.2, -0.15) is 10.5 Å². The molecule has 138 valence electrons. The van der Waals surface area contributed by atoms with E-state index < -0.39 is 5.92 Å². The van der Waals surface area contributed by atoms with E-state index in [2.05, 4.69) is 12.1 Å². The zero-order valence-corrected chi connectivity index (χ0v) is 16.0. The van der Waals surface area contributed by atoms with E-state index in [9.17, 15) is 10.5 Å². The van der Waals surface area contributed by atoms with E-state index in [4.69, 9.17) is 10.2 Å². The minimum absolute atomic E-state index is 0.316. The zero-order valence-electron chi connectivity index (χ0n) is 15.2. The SMILES string of the molecule is N#CC1=C(N)N2C(=C(C#N)[C@H]1c1ccc(-c3ccccc3)o1)Sc1ccccc12. The summed E-state index contributed by atoms with van der Waals surface area (Å²) in [6.45, 7) is 0. The van der Waals surface area contributed by atoms with Gasteiger partial charge < -0.3 is 10.2 Å². The number of furan rings is 1. The van der Waals surface area contributed by atoms with Gasteiger partial charge in [-0.05, 0) is 24.3 Å². The number of hydrogen-bond acceptors (Lipinski definition) is 6. The topological polar surface area (TPSA) is 90.0 Å². The predicted octanol–water partition coefficient (Wildman–Crippen LogP) is 5.09. The number of fused-ring (bicyclic) bond motifs is 3. The van der Waals surface area contributed by atoms with Crippen LogP contribution in [0.1, 0.15) is 11.7 Å². The van der Waals surface area contributed by atoms with Crippen LogP contribution < -0.4 is 10.6 Å². The molecule has 3 aromatic rings. The van der Waals surface area contributed by atoms with Crippen LogP contribution in [0.15, 0.2) is 98.0 Å². The molecule has 5 rings (SSSR count). The first-order chi connectivity index (χ1) is 14.2. The van der Waals surface area contributed by atoms with Crippen molar-refractivity contribution in [3.63, 3.8) is 0 Å². The first kappa shape index (κ1) is 17.2. The number of nitrogens with two attached hydrogens (primary N) is 1. The van der Waals surface area contributed by atoms with Gasteiger partial charge in [0.25, 0.3) is 0 Å². The molecule has 0 bridgehead atoms. The van der Waals surface area contributed by atoms with E-state index in [0.717, 1.165) is 21.2 Å². The molecule has 2 aromatic carbocycles. The van der Waals surface area contributed by atoms with Gasteiger partial charge in [-0.1, -0.05) is 54.2 Å². The average Bonchev–Trinajstić information content (AvgIpc) is 3.39. The first-order valence-corrected chi connectivity index (χ1v) is 9.80. The molecular formula is C23H14N4OS. The molecule has 1 atom stereocenters. The van der Waals surface area contributed by atoms with Crippen LogP contribution >= 0.6 is 11.8 Å². The Balaban J connectivity index is 1.67. The Morgan fingerprint density at radius 3 is 2.38 bits per heavy atom. The van der Waals surface area contributed by atoms with Gasteiger partial charge in [0.05, 0.1) is 34.9 Å². The van der Waals surface area contributed by atoms with Gasteiger partial charge in [0.15, 0.2) is 0 Å². The standard InChI is InChI=1S/C23H14N4OS/c24-12-15-21(19-11-10-18(28-19)14-6-2-1-3-7-14)16(13-25)23-27(22(15)26)17-8-4-5-9-20(17)29-23/h1-11,21H,26H2/t21-/m0/s1. The highest BCUT2D eigenvalue weighted by Gasteiger charge is 2.41. The van der Waals surface area contributed by atoms with Crippen LogP contribution in [0.25, 0.3) is 11.3 Å². The van der Waals surface area contributed by atoms with Crippen LogP contribution in [0, 0.1) is 22.7 Å². The summed E-state index contributed by atoms with van der Waals surface area (Å²) >= 11 is 1.49. The molecule has 0 radical (unpaired) electrons. The first-order valence-electron chi connectivity index (χ1n) is 8.99. The average molecular weight is 394 g/mol. The Bertz CT molecular complexity index is 1270. The molecule has 5 nitrogen and oxygen atoms in total. The Morgan fingerprint density at radius 1 is 0.897 bits per heavy atom. The number of nitrogens with zero attached hydrogens (tertiary/aromatic N) is 3. The number of para-hydroxylation sites is 1. The molecular weight excluding hydrogens is 380 g/mol. The number of hydrogen-bond donors (Lipinski definition) is 1. The fraction of sp³-hybridized carbons (Fsp3) is 0.0435. The van der Waals surface area contributed by atoms with Crippen LogP contribution in [-0.4, -0.2) is 0 Å². The molecule has 2 aliphatic rings. The zero-order chi connectivity index (χ0) is 20.0. The molecule has 0 unspecified atom stereocenters. The molecule has 0 spiro atoms. The lowest BCUT2D eigenvalue weighted by atomic mass is 9.87. The summed E-state index contributed by atoms with van der Waals surface area (Å²) in [7, 11) is 0. The molecule has 3 heterocycles. The van der Waals surface area contributed by atoms with Gasteiger partial charge >= 0.3 is 0 Å². The summed E-state index contributed by atoms with van der Waals surface area (Å²) in [5.74, 6) is 0.921.